The number of rotatable bonds is 0. The second-order valence-electron chi connectivity index (χ2n) is 0.859. The number of allylic oxidation sites excluding steroid dienone is 1. The van der Waals surface area contributed by atoms with E-state index in [1.54, 1.807) is 6.21 Å². The minimum Gasteiger partial charge on any atom is -0.217 e. The van der Waals surface area contributed by atoms with Crippen LogP contribution in [0.1, 0.15) is 0 Å². The highest BCUT2D eigenvalue weighted by Crippen LogP contribution is 1.91. The van der Waals surface area contributed by atoms with Gasteiger partial charge in [-0.15, -0.1) is 0 Å². The first kappa shape index (κ1) is 4.15. The van der Waals surface area contributed by atoms with Crippen molar-refractivity contribution in [1.82, 2.24) is 0 Å². The second-order valence-corrected chi connectivity index (χ2v) is 2.92. The lowest BCUT2D eigenvalue weighted by molar-refractivity contribution is 2.02. The third kappa shape index (κ3) is 0.725. The van der Waals surface area contributed by atoms with Crippen molar-refractivity contribution in [2.45, 2.75) is 0 Å². The second kappa shape index (κ2) is 1.62. The van der Waals surface area contributed by atoms with Gasteiger partial charge in [0.1, 0.15) is 0 Å². The van der Waals surface area contributed by atoms with Gasteiger partial charge in [-0.25, -0.2) is 4.40 Å². The summed E-state index contributed by atoms with van der Waals surface area (Å²) in [5, 5.41) is 1.90. The van der Waals surface area contributed by atoms with Crippen molar-refractivity contribution in [3.8, 4) is 0 Å². The molecule has 1 aliphatic heterocycles. The van der Waals surface area contributed by atoms with Crippen molar-refractivity contribution < 1.29 is 0 Å². The van der Waals surface area contributed by atoms with Crippen LogP contribution in [0.2, 0.25) is 0 Å². The summed E-state index contributed by atoms with van der Waals surface area (Å²) in [6.07, 6.45) is 3.60. The Labute approximate surface area is 43.5 Å². The van der Waals surface area contributed by atoms with Gasteiger partial charge in [0.05, 0.1) is 0 Å². The van der Waals surface area contributed by atoms with Gasteiger partial charge in [0, 0.05) is 15.9 Å². The molecule has 1 unspecified atom stereocenters. The summed E-state index contributed by atoms with van der Waals surface area (Å²) in [6, 6.07) is 0. The maximum absolute atomic E-state index is 4.75. The average Bonchev–Trinajstić information content (AvgIpc) is 1.86. The lowest BCUT2D eigenvalue weighted by atomic mass is 10.7. The number of nitrogens with zero attached hydrogens (tertiary/aromatic N) is 1. The molecular weight excluding hydrogens is 114 g/mol. The standard InChI is InChI=1S/C3H3NS2/c5-6-3-1-2-4-6/h1-3H. The van der Waals surface area contributed by atoms with Gasteiger partial charge in [-0.3, -0.25) is 0 Å². The molecule has 0 bridgehead atoms. The fourth-order valence-electron chi connectivity index (χ4n) is 0.233. The Hall–Kier alpha value is -0.0200. The molecule has 0 amide bonds. The Balaban J connectivity index is 2.86. The van der Waals surface area contributed by atoms with E-state index in [0.717, 1.165) is 0 Å². The van der Waals surface area contributed by atoms with Crippen LogP contribution in [0.25, 0.3) is 0 Å². The first-order valence-corrected chi connectivity index (χ1v) is 3.68. The summed E-state index contributed by atoms with van der Waals surface area (Å²) >= 11 is 4.75. The predicted molar refractivity (Wildman–Crippen MR) is 32.4 cm³/mol. The molecule has 0 spiro atoms. The zero-order valence-electron chi connectivity index (χ0n) is 3.00. The molecule has 1 rings (SSSR count). The predicted octanol–water partition coefficient (Wildman–Crippen LogP) is 0.580. The molecule has 1 atom stereocenters. The Bertz CT molecular complexity index is 111. The van der Waals surface area contributed by atoms with Gasteiger partial charge in [-0.05, 0) is 22.7 Å². The van der Waals surface area contributed by atoms with E-state index >= 15 is 0 Å². The van der Waals surface area contributed by atoms with E-state index in [2.05, 4.69) is 4.40 Å². The van der Waals surface area contributed by atoms with Crippen LogP contribution in [-0.4, -0.2) is 6.21 Å². The van der Waals surface area contributed by atoms with E-state index in [1.165, 1.54) is 0 Å². The van der Waals surface area contributed by atoms with Crippen LogP contribution in [0.5, 0.6) is 0 Å². The lowest BCUT2D eigenvalue weighted by Crippen LogP contribution is -1.60. The molecule has 0 fully saturated rings. The first-order chi connectivity index (χ1) is 2.89. The molecule has 0 aromatic heterocycles. The van der Waals surface area contributed by atoms with Crippen molar-refractivity contribution in [2.75, 3.05) is 0 Å². The summed E-state index contributed by atoms with van der Waals surface area (Å²) in [5.74, 6) is 0. The summed E-state index contributed by atoms with van der Waals surface area (Å²) in [4.78, 5) is 0. The molecule has 0 aromatic rings. The normalized spacial score (nSPS) is 29.0. The van der Waals surface area contributed by atoms with Gasteiger partial charge < -0.3 is 0 Å². The van der Waals surface area contributed by atoms with Crippen LogP contribution in [0.4, 0.5) is 0 Å². The van der Waals surface area contributed by atoms with Gasteiger partial charge in [0.2, 0.25) is 0 Å². The van der Waals surface area contributed by atoms with Crippen molar-refractivity contribution in [2.24, 2.45) is 4.40 Å². The van der Waals surface area contributed by atoms with Crippen molar-refractivity contribution in [1.29, 1.82) is 0 Å². The number of hydrogen-bond donors (Lipinski definition) is 0. The zero-order valence-corrected chi connectivity index (χ0v) is 4.63. The molecule has 0 aliphatic carbocycles. The highest BCUT2D eigenvalue weighted by atomic mass is 32.8. The average molecular weight is 117 g/mol. The van der Waals surface area contributed by atoms with Crippen LogP contribution in [0.15, 0.2) is 15.9 Å². The van der Waals surface area contributed by atoms with Crippen molar-refractivity contribution in [3.05, 3.63) is 11.5 Å². The molecule has 0 N–H and O–H groups in total. The molecule has 0 saturated heterocycles. The van der Waals surface area contributed by atoms with Crippen LogP contribution in [0.3, 0.4) is 0 Å². The minimum absolute atomic E-state index is 0.201. The van der Waals surface area contributed by atoms with E-state index < -0.39 is 0 Å². The third-order valence-corrected chi connectivity index (χ3v) is 1.76. The van der Waals surface area contributed by atoms with E-state index in [4.69, 9.17) is 11.2 Å². The fourth-order valence-corrected chi connectivity index (χ4v) is 1.04. The molecule has 0 aromatic carbocycles. The lowest BCUT2D eigenvalue weighted by Gasteiger charge is -1.71. The topological polar surface area (TPSA) is 12.4 Å². The Morgan fingerprint density at radius 1 is 1.67 bits per heavy atom. The van der Waals surface area contributed by atoms with E-state index in [-0.39, 0.29) is 9.64 Å². The van der Waals surface area contributed by atoms with E-state index in [1.807, 2.05) is 11.5 Å². The van der Waals surface area contributed by atoms with Crippen molar-refractivity contribution >= 4 is 27.0 Å². The van der Waals surface area contributed by atoms with Crippen LogP contribution >= 0.6 is 0 Å². The summed E-state index contributed by atoms with van der Waals surface area (Å²) in [6.45, 7) is 0. The summed E-state index contributed by atoms with van der Waals surface area (Å²) in [7, 11) is -0.201. The van der Waals surface area contributed by atoms with Gasteiger partial charge in [-0.1, -0.05) is 0 Å². The van der Waals surface area contributed by atoms with E-state index in [0.29, 0.717) is 0 Å². The molecule has 1 aliphatic rings. The van der Waals surface area contributed by atoms with Crippen LogP contribution in [0, 0.1) is 0 Å². The van der Waals surface area contributed by atoms with Crippen LogP contribution in [-0.2, 0) is 20.8 Å². The highest BCUT2D eigenvalue weighted by molar-refractivity contribution is 8.30. The highest BCUT2D eigenvalue weighted by Gasteiger charge is 1.82. The Morgan fingerprint density at radius 3 is 2.67 bits per heavy atom. The van der Waals surface area contributed by atoms with Gasteiger partial charge in [0.25, 0.3) is 0 Å². The largest absolute Gasteiger partial charge is 0.217 e. The van der Waals surface area contributed by atoms with Gasteiger partial charge in [0.15, 0.2) is 0 Å². The zero-order chi connectivity index (χ0) is 4.41. The number of hydrogen-bond acceptors (Lipinski definition) is 1. The smallest absolute Gasteiger partial charge is 0.0364 e. The fraction of sp³-hybridized carbons (Fsp3) is 0. The SMILES string of the molecule is S=S1C=CC=N1. The van der Waals surface area contributed by atoms with Crippen LogP contribution < -0.4 is 0 Å². The molecule has 32 valence electrons. The monoisotopic (exact) mass is 117 g/mol. The minimum atomic E-state index is -0.201. The Kier molecular flexibility index (Phi) is 1.12. The van der Waals surface area contributed by atoms with Crippen molar-refractivity contribution in [3.63, 3.8) is 0 Å². The Morgan fingerprint density at radius 2 is 2.50 bits per heavy atom. The molecule has 1 heterocycles. The molecule has 0 saturated carbocycles. The maximum Gasteiger partial charge on any atom is 0.0364 e. The third-order valence-electron chi connectivity index (χ3n) is 0.446. The maximum atomic E-state index is 4.75. The molecule has 3 heteroatoms. The molecular formula is C3H3NS2. The summed E-state index contributed by atoms with van der Waals surface area (Å²) in [5.41, 5.74) is 0. The van der Waals surface area contributed by atoms with Gasteiger partial charge >= 0.3 is 0 Å². The quantitative estimate of drug-likeness (QED) is 0.452. The molecule has 0 radical (unpaired) electrons. The van der Waals surface area contributed by atoms with E-state index in [9.17, 15) is 0 Å². The molecule has 6 heavy (non-hydrogen) atoms. The first-order valence-electron chi connectivity index (χ1n) is 1.51. The molecule has 1 nitrogen and oxygen atoms in total. The van der Waals surface area contributed by atoms with Gasteiger partial charge in [-0.2, -0.15) is 0 Å². The summed E-state index contributed by atoms with van der Waals surface area (Å²) < 4.78 is 3.84.